The van der Waals surface area contributed by atoms with Crippen LogP contribution in [-0.4, -0.2) is 48.1 Å². The van der Waals surface area contributed by atoms with Gasteiger partial charge in [-0.05, 0) is 45.4 Å². The summed E-state index contributed by atoms with van der Waals surface area (Å²) >= 11 is 0. The van der Waals surface area contributed by atoms with Crippen LogP contribution in [0.5, 0.6) is 0 Å². The summed E-state index contributed by atoms with van der Waals surface area (Å²) in [7, 11) is 0. The Labute approximate surface area is 125 Å². The average Bonchev–Trinajstić information content (AvgIpc) is 3.30. The number of hydrogen-bond acceptors (Lipinski definition) is 5. The van der Waals surface area contributed by atoms with Crippen molar-refractivity contribution < 1.29 is 14.3 Å². The summed E-state index contributed by atoms with van der Waals surface area (Å²) < 4.78 is 4.94. The normalized spacial score (nSPS) is 20.5. The molecule has 0 aromatic carbocycles. The molecule has 2 rings (SSSR count). The summed E-state index contributed by atoms with van der Waals surface area (Å²) in [5.74, 6) is -0.240. The van der Waals surface area contributed by atoms with Gasteiger partial charge in [0.2, 0.25) is 5.91 Å². The summed E-state index contributed by atoms with van der Waals surface area (Å²) in [5.41, 5.74) is -0.782. The topological polar surface area (TPSA) is 82.4 Å². The molecule has 116 valence electrons. The van der Waals surface area contributed by atoms with Crippen LogP contribution in [0.25, 0.3) is 0 Å². The van der Waals surface area contributed by atoms with Crippen LogP contribution < -0.4 is 5.32 Å². The summed E-state index contributed by atoms with van der Waals surface area (Å²) in [6, 6.07) is 2.49. The minimum atomic E-state index is -0.782. The molecule has 1 atom stereocenters. The highest BCUT2D eigenvalue weighted by Gasteiger charge is 2.43. The van der Waals surface area contributed by atoms with E-state index in [1.807, 2.05) is 4.90 Å². The molecule has 1 unspecified atom stereocenters. The lowest BCUT2D eigenvalue weighted by Crippen LogP contribution is -2.51. The highest BCUT2D eigenvalue weighted by atomic mass is 16.5. The quantitative estimate of drug-likeness (QED) is 0.670. The van der Waals surface area contributed by atoms with Crippen molar-refractivity contribution in [2.75, 3.05) is 19.7 Å². The first-order chi connectivity index (χ1) is 9.98. The SMILES string of the molecule is CCOC(=O)CN(CC(=O)NC(C)(C#N)C1CC1)C1CC1. The van der Waals surface area contributed by atoms with E-state index in [1.165, 1.54) is 0 Å². The van der Waals surface area contributed by atoms with Crippen LogP contribution in [0.2, 0.25) is 0 Å². The van der Waals surface area contributed by atoms with E-state index in [0.717, 1.165) is 25.7 Å². The van der Waals surface area contributed by atoms with Gasteiger partial charge in [0.05, 0.1) is 25.8 Å². The number of ether oxygens (including phenoxy) is 1. The lowest BCUT2D eigenvalue weighted by atomic mass is 9.98. The number of nitrogens with one attached hydrogen (secondary N) is 1. The third-order valence-electron chi connectivity index (χ3n) is 4.07. The number of nitriles is 1. The monoisotopic (exact) mass is 293 g/mol. The summed E-state index contributed by atoms with van der Waals surface area (Å²) in [6.45, 7) is 4.17. The lowest BCUT2D eigenvalue weighted by Gasteiger charge is -2.26. The fourth-order valence-electron chi connectivity index (χ4n) is 2.52. The molecule has 6 nitrogen and oxygen atoms in total. The van der Waals surface area contributed by atoms with E-state index in [2.05, 4.69) is 11.4 Å². The third-order valence-corrected chi connectivity index (χ3v) is 4.07. The molecule has 6 heteroatoms. The van der Waals surface area contributed by atoms with Crippen LogP contribution in [0.1, 0.15) is 39.5 Å². The fourth-order valence-corrected chi connectivity index (χ4v) is 2.52. The van der Waals surface area contributed by atoms with Crippen molar-refractivity contribution in [2.24, 2.45) is 5.92 Å². The molecule has 0 aliphatic heterocycles. The predicted molar refractivity (Wildman–Crippen MR) is 76.1 cm³/mol. The molecule has 0 heterocycles. The molecular weight excluding hydrogens is 270 g/mol. The number of rotatable bonds is 8. The number of nitrogens with zero attached hydrogens (tertiary/aromatic N) is 2. The van der Waals surface area contributed by atoms with E-state index in [0.29, 0.717) is 6.61 Å². The Morgan fingerprint density at radius 1 is 1.33 bits per heavy atom. The Hall–Kier alpha value is -1.61. The van der Waals surface area contributed by atoms with Crippen LogP contribution >= 0.6 is 0 Å². The third kappa shape index (κ3) is 4.43. The van der Waals surface area contributed by atoms with Crippen molar-refractivity contribution in [3.63, 3.8) is 0 Å². The Morgan fingerprint density at radius 3 is 2.48 bits per heavy atom. The zero-order valence-electron chi connectivity index (χ0n) is 12.7. The molecule has 0 saturated heterocycles. The second-order valence-electron chi connectivity index (χ2n) is 6.08. The molecule has 2 aliphatic carbocycles. The van der Waals surface area contributed by atoms with Gasteiger partial charge in [-0.3, -0.25) is 14.5 Å². The molecule has 0 bridgehead atoms. The number of esters is 1. The molecule has 0 aromatic rings. The van der Waals surface area contributed by atoms with Gasteiger partial charge in [-0.15, -0.1) is 0 Å². The predicted octanol–water partition coefficient (Wildman–Crippen LogP) is 0.822. The van der Waals surface area contributed by atoms with Gasteiger partial charge in [0.25, 0.3) is 0 Å². The molecule has 0 spiro atoms. The minimum absolute atomic E-state index is 0.138. The van der Waals surface area contributed by atoms with Crippen molar-refractivity contribution in [3.05, 3.63) is 0 Å². The molecule has 0 radical (unpaired) electrons. The fraction of sp³-hybridized carbons (Fsp3) is 0.800. The van der Waals surface area contributed by atoms with Gasteiger partial charge in [0, 0.05) is 6.04 Å². The van der Waals surface area contributed by atoms with Gasteiger partial charge in [-0.1, -0.05) is 0 Å². The number of amides is 1. The first-order valence-electron chi connectivity index (χ1n) is 7.60. The standard InChI is InChI=1S/C15H23N3O3/c1-3-21-14(20)9-18(12-6-7-12)8-13(19)17-15(2,10-16)11-4-5-11/h11-12H,3-9H2,1-2H3,(H,17,19). The summed E-state index contributed by atoms with van der Waals surface area (Å²) in [6.07, 6.45) is 3.98. The Balaban J connectivity index is 1.86. The second kappa shape index (κ2) is 6.44. The van der Waals surface area contributed by atoms with Crippen LogP contribution in [0.15, 0.2) is 0 Å². The summed E-state index contributed by atoms with van der Waals surface area (Å²) in [5, 5.41) is 12.1. The van der Waals surface area contributed by atoms with Crippen LogP contribution in [-0.2, 0) is 14.3 Å². The highest BCUT2D eigenvalue weighted by Crippen LogP contribution is 2.39. The van der Waals surface area contributed by atoms with E-state index >= 15 is 0 Å². The van der Waals surface area contributed by atoms with Crippen molar-refractivity contribution in [3.8, 4) is 6.07 Å². The number of carbonyl (C=O) groups excluding carboxylic acids is 2. The molecule has 1 amide bonds. The largest absolute Gasteiger partial charge is 0.465 e. The van der Waals surface area contributed by atoms with Gasteiger partial charge in [-0.25, -0.2) is 0 Å². The zero-order valence-corrected chi connectivity index (χ0v) is 12.7. The Bertz CT molecular complexity index is 452. The van der Waals surface area contributed by atoms with E-state index < -0.39 is 5.54 Å². The Kier molecular flexibility index (Phi) is 4.84. The Morgan fingerprint density at radius 2 is 2.00 bits per heavy atom. The maximum Gasteiger partial charge on any atom is 0.320 e. The van der Waals surface area contributed by atoms with Crippen LogP contribution in [0, 0.1) is 17.2 Å². The molecule has 2 fully saturated rings. The van der Waals surface area contributed by atoms with Gasteiger partial charge in [0.1, 0.15) is 5.54 Å². The molecule has 21 heavy (non-hydrogen) atoms. The highest BCUT2D eigenvalue weighted by molar-refractivity contribution is 5.80. The van der Waals surface area contributed by atoms with E-state index in [4.69, 9.17) is 4.74 Å². The maximum absolute atomic E-state index is 12.2. The van der Waals surface area contributed by atoms with Gasteiger partial charge >= 0.3 is 5.97 Å². The van der Waals surface area contributed by atoms with Crippen LogP contribution in [0.4, 0.5) is 0 Å². The van der Waals surface area contributed by atoms with E-state index in [1.54, 1.807) is 13.8 Å². The number of carbonyl (C=O) groups is 2. The first-order valence-corrected chi connectivity index (χ1v) is 7.60. The van der Waals surface area contributed by atoms with Crippen molar-refractivity contribution >= 4 is 11.9 Å². The first kappa shape index (κ1) is 15.8. The van der Waals surface area contributed by atoms with Gasteiger partial charge in [-0.2, -0.15) is 5.26 Å². The minimum Gasteiger partial charge on any atom is -0.465 e. The molecule has 0 aromatic heterocycles. The van der Waals surface area contributed by atoms with Crippen LogP contribution in [0.3, 0.4) is 0 Å². The summed E-state index contributed by atoms with van der Waals surface area (Å²) in [4.78, 5) is 25.6. The maximum atomic E-state index is 12.2. The van der Waals surface area contributed by atoms with Crippen molar-refractivity contribution in [1.29, 1.82) is 5.26 Å². The number of hydrogen-bond donors (Lipinski definition) is 1. The molecule has 1 N–H and O–H groups in total. The van der Waals surface area contributed by atoms with E-state index in [9.17, 15) is 14.9 Å². The smallest absolute Gasteiger partial charge is 0.320 e. The van der Waals surface area contributed by atoms with Crippen molar-refractivity contribution in [1.82, 2.24) is 10.2 Å². The molecule has 2 aliphatic rings. The van der Waals surface area contributed by atoms with E-state index in [-0.39, 0.29) is 36.9 Å². The lowest BCUT2D eigenvalue weighted by molar-refractivity contribution is -0.144. The molecular formula is C15H23N3O3. The van der Waals surface area contributed by atoms with Gasteiger partial charge in [0.15, 0.2) is 0 Å². The second-order valence-corrected chi connectivity index (χ2v) is 6.08. The molecule has 2 saturated carbocycles. The van der Waals surface area contributed by atoms with Gasteiger partial charge < -0.3 is 10.1 Å². The van der Waals surface area contributed by atoms with Crippen molar-refractivity contribution in [2.45, 2.75) is 51.1 Å². The average molecular weight is 293 g/mol. The zero-order chi connectivity index (χ0) is 15.5.